The van der Waals surface area contributed by atoms with Crippen LogP contribution < -0.4 is 15.1 Å². The summed E-state index contributed by atoms with van der Waals surface area (Å²) in [6, 6.07) is 7.51. The normalized spacial score (nSPS) is 33.8. The fourth-order valence-corrected chi connectivity index (χ4v) is 6.52. The summed E-state index contributed by atoms with van der Waals surface area (Å²) >= 11 is 0. The molecular weight excluding hydrogens is 394 g/mol. The molecule has 3 unspecified atom stereocenters. The minimum atomic E-state index is -0.579. The first-order valence-corrected chi connectivity index (χ1v) is 11.5. The van der Waals surface area contributed by atoms with E-state index >= 15 is 0 Å². The molecule has 1 aromatic carbocycles. The maximum absolute atomic E-state index is 13.4. The molecule has 0 radical (unpaired) electrons. The van der Waals surface area contributed by atoms with Crippen LogP contribution in [0.5, 0.6) is 0 Å². The van der Waals surface area contributed by atoms with Crippen LogP contribution in [0.1, 0.15) is 52.9 Å². The zero-order valence-corrected chi connectivity index (χ0v) is 18.6. The number of rotatable bonds is 1. The van der Waals surface area contributed by atoms with Crippen LogP contribution in [0.15, 0.2) is 24.3 Å². The molecule has 2 N–H and O–H groups in total. The average molecular weight is 428 g/mol. The number of hydrogen-bond donors (Lipinski definition) is 2. The largest absolute Gasteiger partial charge is 0.443 e. The highest BCUT2D eigenvalue weighted by molar-refractivity contribution is 6.01. The predicted octanol–water partition coefficient (Wildman–Crippen LogP) is 3.90. The monoisotopic (exact) mass is 427 g/mol. The van der Waals surface area contributed by atoms with Gasteiger partial charge in [0.15, 0.2) is 0 Å². The number of nitrogens with one attached hydrogen (secondary N) is 1. The third-order valence-electron chi connectivity index (χ3n) is 7.40. The Morgan fingerprint density at radius 2 is 1.61 bits per heavy atom. The van der Waals surface area contributed by atoms with E-state index in [1.807, 2.05) is 45.0 Å². The van der Waals surface area contributed by atoms with Gasteiger partial charge in [0, 0.05) is 19.1 Å². The van der Waals surface area contributed by atoms with Crippen molar-refractivity contribution in [3.05, 3.63) is 24.3 Å². The van der Waals surface area contributed by atoms with Gasteiger partial charge in [0.05, 0.1) is 17.0 Å². The zero-order chi connectivity index (χ0) is 22.0. The van der Waals surface area contributed by atoms with Gasteiger partial charge in [-0.2, -0.15) is 0 Å². The third kappa shape index (κ3) is 3.77. The highest BCUT2D eigenvalue weighted by Crippen LogP contribution is 2.55. The number of para-hydroxylation sites is 2. The summed E-state index contributed by atoms with van der Waals surface area (Å²) < 4.78 is 5.57. The Balaban J connectivity index is 1.33. The Kier molecular flexibility index (Phi) is 4.73. The topological polar surface area (TPSA) is 82.1 Å². The number of urea groups is 1. The Bertz CT molecular complexity index is 879. The minimum Gasteiger partial charge on any atom is -0.443 e. The zero-order valence-electron chi connectivity index (χ0n) is 18.6. The maximum Gasteiger partial charge on any atom is 0.414 e. The maximum atomic E-state index is 13.4. The molecule has 0 spiro atoms. The Labute approximate surface area is 183 Å². The van der Waals surface area contributed by atoms with Crippen LogP contribution in [0.2, 0.25) is 0 Å². The predicted molar refractivity (Wildman–Crippen MR) is 118 cm³/mol. The smallest absolute Gasteiger partial charge is 0.414 e. The van der Waals surface area contributed by atoms with Crippen LogP contribution in [-0.4, -0.2) is 47.6 Å². The Morgan fingerprint density at radius 3 is 2.19 bits per heavy atom. The van der Waals surface area contributed by atoms with E-state index in [1.54, 1.807) is 9.80 Å². The van der Waals surface area contributed by atoms with Crippen molar-refractivity contribution in [2.75, 3.05) is 22.9 Å². The molecule has 0 saturated heterocycles. The van der Waals surface area contributed by atoms with E-state index in [4.69, 9.17) is 4.74 Å². The molecule has 4 fully saturated rings. The number of fused-ring (bicyclic) bond motifs is 1. The summed E-state index contributed by atoms with van der Waals surface area (Å²) in [4.78, 5) is 29.4. The van der Waals surface area contributed by atoms with Crippen LogP contribution in [0.4, 0.5) is 21.0 Å². The van der Waals surface area contributed by atoms with E-state index in [9.17, 15) is 14.7 Å². The van der Waals surface area contributed by atoms with Crippen LogP contribution >= 0.6 is 0 Å². The molecule has 6 rings (SSSR count). The van der Waals surface area contributed by atoms with Crippen molar-refractivity contribution < 1.29 is 19.4 Å². The lowest BCUT2D eigenvalue weighted by Crippen LogP contribution is -2.63. The molecule has 3 amide bonds. The summed E-state index contributed by atoms with van der Waals surface area (Å²) in [5.41, 5.74) is 0.324. The molecule has 4 saturated carbocycles. The van der Waals surface area contributed by atoms with Gasteiger partial charge >= 0.3 is 12.1 Å². The van der Waals surface area contributed by atoms with Gasteiger partial charge in [-0.3, -0.25) is 9.80 Å². The average Bonchev–Trinajstić information content (AvgIpc) is 2.67. The number of amides is 3. The second-order valence-electron chi connectivity index (χ2n) is 10.9. The van der Waals surface area contributed by atoms with Gasteiger partial charge in [-0.15, -0.1) is 0 Å². The molecule has 1 aliphatic heterocycles. The van der Waals surface area contributed by atoms with Crippen molar-refractivity contribution in [1.29, 1.82) is 0 Å². The molecule has 4 bridgehead atoms. The second kappa shape index (κ2) is 7.12. The van der Waals surface area contributed by atoms with Gasteiger partial charge in [-0.25, -0.2) is 9.59 Å². The lowest BCUT2D eigenvalue weighted by Gasteiger charge is -2.58. The number of anilines is 2. The van der Waals surface area contributed by atoms with E-state index < -0.39 is 17.3 Å². The summed E-state index contributed by atoms with van der Waals surface area (Å²) in [5.74, 6) is 1.32. The number of carbonyl (C=O) groups is 2. The minimum absolute atomic E-state index is 0.110. The van der Waals surface area contributed by atoms with Crippen LogP contribution in [0, 0.1) is 17.8 Å². The number of benzene rings is 1. The molecule has 7 nitrogen and oxygen atoms in total. The van der Waals surface area contributed by atoms with Gasteiger partial charge in [-0.1, -0.05) is 12.1 Å². The van der Waals surface area contributed by atoms with Gasteiger partial charge < -0.3 is 15.2 Å². The molecule has 4 aliphatic carbocycles. The van der Waals surface area contributed by atoms with E-state index in [0.29, 0.717) is 36.5 Å². The van der Waals surface area contributed by atoms with Crippen molar-refractivity contribution in [1.82, 2.24) is 5.32 Å². The standard InChI is InChI=1S/C24H33N3O4/c1-23(2,3)31-22(29)27-9-8-26(18-6-4-5-7-19(18)27)21(28)25-20-16-10-15-11-17(20)14-24(30,12-15)13-16/h4-7,15-17,20,30H,8-14H2,1-3H3,(H,25,28)/t15?,16-,17+,20?,24?. The molecule has 1 heterocycles. The first-order valence-electron chi connectivity index (χ1n) is 11.5. The third-order valence-corrected chi connectivity index (χ3v) is 7.40. The van der Waals surface area contributed by atoms with Crippen LogP contribution in [0.25, 0.3) is 0 Å². The van der Waals surface area contributed by atoms with Gasteiger partial charge in [-0.05, 0) is 82.8 Å². The number of aliphatic hydroxyl groups is 1. The SMILES string of the molecule is CC(C)(C)OC(=O)N1CCN(C(=O)NC2[C@@H]3CC4C[C@H]2CC(O)(C4)C3)c2ccccc21. The summed E-state index contributed by atoms with van der Waals surface area (Å²) in [6.45, 7) is 6.35. The molecular formula is C24H33N3O4. The second-order valence-corrected chi connectivity index (χ2v) is 10.9. The Hall–Kier alpha value is -2.28. The van der Waals surface area contributed by atoms with Crippen molar-refractivity contribution in [2.45, 2.75) is 70.1 Å². The number of hydrogen-bond acceptors (Lipinski definition) is 4. The van der Waals surface area contributed by atoms with Crippen molar-refractivity contribution in [3.8, 4) is 0 Å². The summed E-state index contributed by atoms with van der Waals surface area (Å²) in [7, 11) is 0. The number of nitrogens with zero attached hydrogens (tertiary/aromatic N) is 2. The molecule has 1 aromatic rings. The fourth-order valence-electron chi connectivity index (χ4n) is 6.52. The van der Waals surface area contributed by atoms with Crippen LogP contribution in [-0.2, 0) is 4.74 Å². The van der Waals surface area contributed by atoms with E-state index in [2.05, 4.69) is 5.32 Å². The summed E-state index contributed by atoms with van der Waals surface area (Å²) in [6.07, 6.45) is 4.34. The van der Waals surface area contributed by atoms with E-state index in [1.165, 1.54) is 0 Å². The lowest BCUT2D eigenvalue weighted by atomic mass is 9.52. The molecule has 0 aromatic heterocycles. The molecule has 168 valence electrons. The number of ether oxygens (including phenoxy) is 1. The molecule has 7 heteroatoms. The quantitative estimate of drug-likeness (QED) is 0.712. The van der Waals surface area contributed by atoms with Crippen molar-refractivity contribution in [2.24, 2.45) is 17.8 Å². The fraction of sp³-hybridized carbons (Fsp3) is 0.667. The molecule has 5 atom stereocenters. The van der Waals surface area contributed by atoms with Gasteiger partial charge in [0.2, 0.25) is 0 Å². The Morgan fingerprint density at radius 1 is 1.03 bits per heavy atom. The van der Waals surface area contributed by atoms with E-state index in [-0.39, 0.29) is 12.1 Å². The number of carbonyl (C=O) groups excluding carboxylic acids is 2. The molecule has 31 heavy (non-hydrogen) atoms. The van der Waals surface area contributed by atoms with Crippen LogP contribution in [0.3, 0.4) is 0 Å². The van der Waals surface area contributed by atoms with E-state index in [0.717, 1.165) is 37.8 Å². The van der Waals surface area contributed by atoms with Crippen molar-refractivity contribution >= 4 is 23.5 Å². The summed E-state index contributed by atoms with van der Waals surface area (Å²) in [5, 5.41) is 14.1. The van der Waals surface area contributed by atoms with Gasteiger partial charge in [0.1, 0.15) is 5.60 Å². The lowest BCUT2D eigenvalue weighted by molar-refractivity contribution is -0.136. The highest BCUT2D eigenvalue weighted by Gasteiger charge is 2.55. The molecule has 5 aliphatic rings. The first-order chi connectivity index (χ1) is 14.6. The highest BCUT2D eigenvalue weighted by atomic mass is 16.6. The first kappa shape index (κ1) is 20.6. The van der Waals surface area contributed by atoms with Gasteiger partial charge in [0.25, 0.3) is 0 Å². The van der Waals surface area contributed by atoms with Crippen molar-refractivity contribution in [3.63, 3.8) is 0 Å².